The maximum absolute atomic E-state index is 11.5. The highest BCUT2D eigenvalue weighted by atomic mass is 31.2. The molecule has 0 aliphatic carbocycles. The number of aliphatic hydroxyl groups excluding tert-OH is 2. The van der Waals surface area contributed by atoms with Crippen molar-refractivity contribution in [1.29, 1.82) is 0 Å². The van der Waals surface area contributed by atoms with Crippen LogP contribution in [0.25, 0.3) is 0 Å². The maximum Gasteiger partial charge on any atom is 0.149 e. The van der Waals surface area contributed by atoms with Gasteiger partial charge in [-0.05, 0) is 13.1 Å². The molecular weight excluding hydrogens is 177 g/mol. The quantitative estimate of drug-likeness (QED) is 0.607. The van der Waals surface area contributed by atoms with E-state index in [1.54, 1.807) is 0 Å². The summed E-state index contributed by atoms with van der Waals surface area (Å²) in [7, 11) is -2.73. The molecule has 0 aliphatic heterocycles. The molecule has 0 radical (unpaired) electrons. The molecule has 12 heavy (non-hydrogen) atoms. The van der Waals surface area contributed by atoms with Crippen LogP contribution in [-0.4, -0.2) is 47.2 Å². The van der Waals surface area contributed by atoms with Gasteiger partial charge in [0.2, 0.25) is 0 Å². The first kappa shape index (κ1) is 12.1. The van der Waals surface area contributed by atoms with Gasteiger partial charge in [-0.15, -0.1) is 0 Å². The average Bonchev–Trinajstić information content (AvgIpc) is 2.14. The highest BCUT2D eigenvalue weighted by Crippen LogP contribution is 2.43. The summed E-state index contributed by atoms with van der Waals surface area (Å²) in [5, 5.41) is 17.6. The van der Waals surface area contributed by atoms with Crippen molar-refractivity contribution in [2.24, 2.45) is 0 Å². The molecule has 0 unspecified atom stereocenters. The van der Waals surface area contributed by atoms with Crippen molar-refractivity contribution in [2.45, 2.75) is 13.8 Å². The summed E-state index contributed by atoms with van der Waals surface area (Å²) in [6, 6.07) is 0. The monoisotopic (exact) mass is 195 g/mol. The van der Waals surface area contributed by atoms with Crippen LogP contribution in [-0.2, 0) is 4.57 Å². The van der Waals surface area contributed by atoms with Crippen molar-refractivity contribution in [3.8, 4) is 0 Å². The largest absolute Gasteiger partial charge is 0.389 e. The van der Waals surface area contributed by atoms with Crippen LogP contribution in [0.5, 0.6) is 0 Å². The summed E-state index contributed by atoms with van der Waals surface area (Å²) < 4.78 is 11.5. The van der Waals surface area contributed by atoms with Crippen molar-refractivity contribution in [1.82, 2.24) is 4.90 Å². The van der Waals surface area contributed by atoms with Gasteiger partial charge >= 0.3 is 0 Å². The Morgan fingerprint density at radius 3 is 1.83 bits per heavy atom. The van der Waals surface area contributed by atoms with E-state index < -0.39 is 19.8 Å². The zero-order valence-corrected chi connectivity index (χ0v) is 8.63. The Hall–Kier alpha value is 0.110. The molecule has 0 rings (SSSR count). The summed E-state index contributed by atoms with van der Waals surface area (Å²) in [5.41, 5.74) is 0. The lowest BCUT2D eigenvalue weighted by atomic mass is 10.6. The number of hydrogen-bond acceptors (Lipinski definition) is 4. The SMILES string of the molecule is CCN(CC)CP(=O)(CO)CO. The van der Waals surface area contributed by atoms with Crippen molar-refractivity contribution in [3.63, 3.8) is 0 Å². The average molecular weight is 195 g/mol. The second kappa shape index (κ2) is 5.70. The molecule has 0 spiro atoms. The Balaban J connectivity index is 4.09. The summed E-state index contributed by atoms with van der Waals surface area (Å²) in [4.78, 5) is 1.94. The normalized spacial score (nSPS) is 12.4. The highest BCUT2D eigenvalue weighted by Gasteiger charge is 2.21. The molecule has 0 aromatic heterocycles. The summed E-state index contributed by atoms with van der Waals surface area (Å²) >= 11 is 0. The molecule has 5 heteroatoms. The molecule has 0 fully saturated rings. The van der Waals surface area contributed by atoms with Crippen LogP contribution in [0.1, 0.15) is 13.8 Å². The summed E-state index contributed by atoms with van der Waals surface area (Å²) in [6.45, 7) is 5.51. The lowest BCUT2D eigenvalue weighted by Gasteiger charge is -2.22. The Bertz CT molecular complexity index is 151. The predicted octanol–water partition coefficient (Wildman–Crippen LogP) is 0.548. The fourth-order valence-electron chi connectivity index (χ4n) is 0.922. The van der Waals surface area contributed by atoms with Gasteiger partial charge in [0.15, 0.2) is 0 Å². The first-order valence-electron chi connectivity index (χ1n) is 4.13. The molecule has 2 N–H and O–H groups in total. The van der Waals surface area contributed by atoms with Gasteiger partial charge in [-0.3, -0.25) is 4.90 Å². The molecular formula is C7H18NO3P. The number of hydrogen-bond donors (Lipinski definition) is 2. The van der Waals surface area contributed by atoms with Crippen LogP contribution in [0, 0.1) is 0 Å². The van der Waals surface area contributed by atoms with E-state index in [2.05, 4.69) is 0 Å². The van der Waals surface area contributed by atoms with E-state index in [9.17, 15) is 4.57 Å². The number of rotatable bonds is 6. The molecule has 0 amide bonds. The van der Waals surface area contributed by atoms with Gasteiger partial charge in [-0.25, -0.2) is 0 Å². The second-order valence-electron chi connectivity index (χ2n) is 2.79. The molecule has 0 heterocycles. The first-order valence-corrected chi connectivity index (χ1v) is 6.39. The van der Waals surface area contributed by atoms with E-state index in [1.807, 2.05) is 18.7 Å². The predicted molar refractivity (Wildman–Crippen MR) is 49.6 cm³/mol. The second-order valence-corrected chi connectivity index (χ2v) is 5.75. The van der Waals surface area contributed by atoms with Gasteiger partial charge in [0.25, 0.3) is 0 Å². The van der Waals surface area contributed by atoms with Crippen molar-refractivity contribution >= 4 is 7.14 Å². The van der Waals surface area contributed by atoms with Gasteiger partial charge in [-0.1, -0.05) is 13.8 Å². The van der Waals surface area contributed by atoms with E-state index in [1.165, 1.54) is 0 Å². The molecule has 4 nitrogen and oxygen atoms in total. The van der Waals surface area contributed by atoms with Gasteiger partial charge in [-0.2, -0.15) is 0 Å². The topological polar surface area (TPSA) is 60.8 Å². The third-order valence-electron chi connectivity index (χ3n) is 1.87. The Labute approximate surface area is 73.6 Å². The van der Waals surface area contributed by atoms with Gasteiger partial charge in [0.05, 0.1) is 19.0 Å². The molecule has 74 valence electrons. The summed E-state index contributed by atoms with van der Waals surface area (Å²) in [5.74, 6) is 0. The Morgan fingerprint density at radius 1 is 1.17 bits per heavy atom. The molecule has 0 aliphatic rings. The maximum atomic E-state index is 11.5. The minimum Gasteiger partial charge on any atom is -0.389 e. The third-order valence-corrected chi connectivity index (χ3v) is 3.81. The van der Waals surface area contributed by atoms with Crippen LogP contribution >= 0.6 is 7.14 Å². The molecule has 0 saturated carbocycles. The standard InChI is InChI=1S/C7H18NO3P/c1-3-8(4-2)5-12(11,6-9)7-10/h9-10H,3-7H2,1-2H3. The fourth-order valence-corrected chi connectivity index (χ4v) is 2.32. The van der Waals surface area contributed by atoms with E-state index in [4.69, 9.17) is 10.2 Å². The van der Waals surface area contributed by atoms with Crippen LogP contribution in [0.3, 0.4) is 0 Å². The van der Waals surface area contributed by atoms with Crippen LogP contribution in [0.15, 0.2) is 0 Å². The molecule has 0 saturated heterocycles. The lowest BCUT2D eigenvalue weighted by Crippen LogP contribution is -2.25. The summed E-state index contributed by atoms with van der Waals surface area (Å²) in [6.07, 6.45) is -0.493. The minimum absolute atomic E-state index is 0.312. The lowest BCUT2D eigenvalue weighted by molar-refractivity contribution is 0.300. The molecule has 0 aromatic carbocycles. The van der Waals surface area contributed by atoms with Crippen molar-refractivity contribution in [3.05, 3.63) is 0 Å². The Kier molecular flexibility index (Phi) is 5.76. The van der Waals surface area contributed by atoms with Crippen LogP contribution in [0.4, 0.5) is 0 Å². The van der Waals surface area contributed by atoms with Crippen molar-refractivity contribution in [2.75, 3.05) is 32.1 Å². The first-order chi connectivity index (χ1) is 5.61. The van der Waals surface area contributed by atoms with E-state index in [0.717, 1.165) is 13.1 Å². The highest BCUT2D eigenvalue weighted by molar-refractivity contribution is 7.63. The van der Waals surface area contributed by atoms with E-state index >= 15 is 0 Å². The van der Waals surface area contributed by atoms with Crippen LogP contribution < -0.4 is 0 Å². The third kappa shape index (κ3) is 3.68. The van der Waals surface area contributed by atoms with Crippen LogP contribution in [0.2, 0.25) is 0 Å². The molecule has 0 atom stereocenters. The zero-order valence-electron chi connectivity index (χ0n) is 7.73. The number of nitrogens with zero attached hydrogens (tertiary/aromatic N) is 1. The fraction of sp³-hybridized carbons (Fsp3) is 1.00. The van der Waals surface area contributed by atoms with Gasteiger partial charge in [0, 0.05) is 0 Å². The van der Waals surface area contributed by atoms with Gasteiger partial charge in [0.1, 0.15) is 7.14 Å². The smallest absolute Gasteiger partial charge is 0.149 e. The van der Waals surface area contributed by atoms with E-state index in [-0.39, 0.29) is 0 Å². The van der Waals surface area contributed by atoms with Crippen molar-refractivity contribution < 1.29 is 14.8 Å². The molecule has 0 aromatic rings. The number of aliphatic hydroxyl groups is 2. The molecule has 0 bridgehead atoms. The van der Waals surface area contributed by atoms with E-state index in [0.29, 0.717) is 6.29 Å². The zero-order chi connectivity index (χ0) is 9.61. The minimum atomic E-state index is -2.73. The van der Waals surface area contributed by atoms with Gasteiger partial charge < -0.3 is 14.8 Å². The Morgan fingerprint density at radius 2 is 1.58 bits per heavy atom.